The van der Waals surface area contributed by atoms with Crippen LogP contribution < -0.4 is 10.6 Å². The molecule has 2 heterocycles. The van der Waals surface area contributed by atoms with Crippen LogP contribution >= 0.6 is 11.3 Å². The number of hydrogen-bond donors (Lipinski definition) is 2. The van der Waals surface area contributed by atoms with Gasteiger partial charge in [0.05, 0.1) is 5.69 Å². The summed E-state index contributed by atoms with van der Waals surface area (Å²) < 4.78 is 0. The zero-order valence-corrected chi connectivity index (χ0v) is 14.8. The third-order valence-corrected chi connectivity index (χ3v) is 5.92. The number of nitrogens with one attached hydrogen (secondary N) is 2. The lowest BCUT2D eigenvalue weighted by Gasteiger charge is -2.22. The predicted molar refractivity (Wildman–Crippen MR) is 90.9 cm³/mol. The fraction of sp³-hybridized carbons (Fsp3) is 0.625. The quantitative estimate of drug-likeness (QED) is 0.795. The fourth-order valence-corrected chi connectivity index (χ4v) is 4.32. The van der Waals surface area contributed by atoms with Crippen LogP contribution in [0.3, 0.4) is 0 Å². The van der Waals surface area contributed by atoms with E-state index in [4.69, 9.17) is 0 Å². The number of thiazole rings is 1. The molecule has 1 aromatic heterocycles. The molecule has 130 valence electrons. The van der Waals surface area contributed by atoms with Crippen LogP contribution in [0.4, 0.5) is 9.93 Å². The van der Waals surface area contributed by atoms with Crippen molar-refractivity contribution in [2.24, 2.45) is 0 Å². The minimum absolute atomic E-state index is 0.281. The molecule has 0 atom stereocenters. The number of rotatable bonds is 5. The molecular formula is C16H22N4O3S. The van der Waals surface area contributed by atoms with E-state index >= 15 is 0 Å². The highest BCUT2D eigenvalue weighted by molar-refractivity contribution is 7.15. The summed E-state index contributed by atoms with van der Waals surface area (Å²) in [6.45, 7) is 3.42. The Morgan fingerprint density at radius 1 is 1.29 bits per heavy atom. The zero-order valence-electron chi connectivity index (χ0n) is 14.0. The smallest absolute Gasteiger partial charge is 0.323 e. The van der Waals surface area contributed by atoms with Crippen molar-refractivity contribution < 1.29 is 14.4 Å². The number of nitrogens with zero attached hydrogens (tertiary/aromatic N) is 2. The van der Waals surface area contributed by atoms with Crippen molar-refractivity contribution in [3.63, 3.8) is 0 Å². The minimum atomic E-state index is -0.877. The summed E-state index contributed by atoms with van der Waals surface area (Å²) in [6.07, 6.45) is 5.25. The molecule has 1 aliphatic heterocycles. The number of urea groups is 1. The molecule has 24 heavy (non-hydrogen) atoms. The molecule has 1 aliphatic carbocycles. The molecule has 4 amide bonds. The molecule has 0 radical (unpaired) electrons. The molecular weight excluding hydrogens is 328 g/mol. The van der Waals surface area contributed by atoms with E-state index in [0.29, 0.717) is 18.0 Å². The van der Waals surface area contributed by atoms with Crippen LogP contribution in [0.25, 0.3) is 0 Å². The summed E-state index contributed by atoms with van der Waals surface area (Å²) in [7, 11) is 0. The maximum Gasteiger partial charge on any atom is 0.325 e. The second kappa shape index (κ2) is 6.51. The first-order valence-corrected chi connectivity index (χ1v) is 9.23. The second-order valence-corrected chi connectivity index (χ2v) is 7.34. The maximum absolute atomic E-state index is 12.5. The van der Waals surface area contributed by atoms with Crippen molar-refractivity contribution >= 4 is 34.3 Å². The van der Waals surface area contributed by atoms with Gasteiger partial charge in [0, 0.05) is 4.88 Å². The monoisotopic (exact) mass is 350 g/mol. The van der Waals surface area contributed by atoms with Crippen molar-refractivity contribution in [2.45, 2.75) is 57.9 Å². The first-order chi connectivity index (χ1) is 11.5. The summed E-state index contributed by atoms with van der Waals surface area (Å²) in [4.78, 5) is 43.5. The summed E-state index contributed by atoms with van der Waals surface area (Å²) in [5, 5.41) is 6.00. The van der Waals surface area contributed by atoms with E-state index in [-0.39, 0.29) is 12.5 Å². The number of carbonyl (C=O) groups excluding carboxylic acids is 3. The highest BCUT2D eigenvalue weighted by atomic mass is 32.1. The van der Waals surface area contributed by atoms with Gasteiger partial charge in [-0.25, -0.2) is 9.78 Å². The van der Waals surface area contributed by atoms with Gasteiger partial charge >= 0.3 is 6.03 Å². The van der Waals surface area contributed by atoms with Crippen molar-refractivity contribution in [3.8, 4) is 0 Å². The number of aromatic nitrogens is 1. The van der Waals surface area contributed by atoms with Gasteiger partial charge in [0.25, 0.3) is 5.91 Å². The van der Waals surface area contributed by atoms with Gasteiger partial charge in [-0.1, -0.05) is 13.8 Å². The standard InChI is InChI=1S/C16H22N4O3S/c1-3-16(4-2)13(22)20(15(23)19-16)9-12(21)18-14-17-10-7-5-6-8-11(10)24-14/h3-9H2,1-2H3,(H,19,23)(H,17,18,21). The first kappa shape index (κ1) is 16.9. The number of imide groups is 1. The molecule has 0 aromatic carbocycles. The van der Waals surface area contributed by atoms with Crippen LogP contribution in [-0.2, 0) is 22.4 Å². The lowest BCUT2D eigenvalue weighted by molar-refractivity contribution is -0.134. The Bertz CT molecular complexity index is 657. The molecule has 1 fully saturated rings. The molecule has 0 saturated carbocycles. The molecule has 3 rings (SSSR count). The van der Waals surface area contributed by atoms with Crippen molar-refractivity contribution in [1.82, 2.24) is 15.2 Å². The van der Waals surface area contributed by atoms with Gasteiger partial charge in [0.15, 0.2) is 5.13 Å². The zero-order chi connectivity index (χ0) is 17.3. The highest BCUT2D eigenvalue weighted by Crippen LogP contribution is 2.30. The molecule has 8 heteroatoms. The molecule has 0 spiro atoms. The highest BCUT2D eigenvalue weighted by Gasteiger charge is 2.49. The van der Waals surface area contributed by atoms with E-state index in [1.807, 2.05) is 13.8 Å². The van der Waals surface area contributed by atoms with Crippen LogP contribution in [-0.4, -0.2) is 39.8 Å². The van der Waals surface area contributed by atoms with Crippen molar-refractivity contribution in [1.29, 1.82) is 0 Å². The van der Waals surface area contributed by atoms with Crippen molar-refractivity contribution in [3.05, 3.63) is 10.6 Å². The van der Waals surface area contributed by atoms with E-state index < -0.39 is 17.5 Å². The Morgan fingerprint density at radius 3 is 2.62 bits per heavy atom. The number of anilines is 1. The Balaban J connectivity index is 1.65. The van der Waals surface area contributed by atoms with Crippen LogP contribution in [0.5, 0.6) is 0 Å². The first-order valence-electron chi connectivity index (χ1n) is 8.41. The average Bonchev–Trinajstić information content (AvgIpc) is 3.08. The third-order valence-electron chi connectivity index (χ3n) is 4.85. The lowest BCUT2D eigenvalue weighted by atomic mass is 9.93. The Morgan fingerprint density at radius 2 is 2.00 bits per heavy atom. The van der Waals surface area contributed by atoms with E-state index in [9.17, 15) is 14.4 Å². The lowest BCUT2D eigenvalue weighted by Crippen LogP contribution is -2.46. The molecule has 0 unspecified atom stereocenters. The Hall–Kier alpha value is -1.96. The van der Waals surface area contributed by atoms with Crippen LogP contribution in [0.1, 0.15) is 50.1 Å². The normalized spacial score (nSPS) is 19.2. The molecule has 1 aromatic rings. The van der Waals surface area contributed by atoms with E-state index in [0.717, 1.165) is 36.3 Å². The van der Waals surface area contributed by atoms with Crippen LogP contribution in [0, 0.1) is 0 Å². The Labute approximate surface area is 144 Å². The van der Waals surface area contributed by atoms with Crippen LogP contribution in [0.15, 0.2) is 0 Å². The molecule has 2 N–H and O–H groups in total. The summed E-state index contributed by atoms with van der Waals surface area (Å²) in [5.74, 6) is -0.723. The van der Waals surface area contributed by atoms with Gasteiger partial charge < -0.3 is 10.6 Å². The molecule has 7 nitrogen and oxygen atoms in total. The summed E-state index contributed by atoms with van der Waals surface area (Å²) in [5.41, 5.74) is 0.185. The largest absolute Gasteiger partial charge is 0.325 e. The van der Waals surface area contributed by atoms with Crippen LogP contribution in [0.2, 0.25) is 0 Å². The third kappa shape index (κ3) is 2.90. The molecule has 0 bridgehead atoms. The number of aryl methyl sites for hydroxylation is 2. The number of hydrogen-bond acceptors (Lipinski definition) is 5. The maximum atomic E-state index is 12.5. The average molecular weight is 350 g/mol. The minimum Gasteiger partial charge on any atom is -0.323 e. The molecule has 2 aliphatic rings. The van der Waals surface area contributed by atoms with Gasteiger partial charge in [0.1, 0.15) is 12.1 Å². The van der Waals surface area contributed by atoms with Gasteiger partial charge in [-0.05, 0) is 38.5 Å². The number of amides is 4. The van der Waals surface area contributed by atoms with Gasteiger partial charge in [-0.3, -0.25) is 14.5 Å². The summed E-state index contributed by atoms with van der Waals surface area (Å²) in [6, 6.07) is -0.503. The number of fused-ring (bicyclic) bond motifs is 1. The van der Waals surface area contributed by atoms with Gasteiger partial charge in [-0.15, -0.1) is 11.3 Å². The van der Waals surface area contributed by atoms with E-state index in [1.165, 1.54) is 16.2 Å². The SMILES string of the molecule is CCC1(CC)NC(=O)N(CC(=O)Nc2nc3c(s2)CCCC3)C1=O. The van der Waals surface area contributed by atoms with E-state index in [2.05, 4.69) is 15.6 Å². The van der Waals surface area contributed by atoms with Gasteiger partial charge in [0.2, 0.25) is 5.91 Å². The predicted octanol–water partition coefficient (Wildman–Crippen LogP) is 2.07. The van der Waals surface area contributed by atoms with E-state index in [1.54, 1.807) is 0 Å². The topological polar surface area (TPSA) is 91.4 Å². The summed E-state index contributed by atoms with van der Waals surface area (Å²) >= 11 is 1.48. The van der Waals surface area contributed by atoms with Crippen molar-refractivity contribution in [2.75, 3.05) is 11.9 Å². The number of carbonyl (C=O) groups is 3. The van der Waals surface area contributed by atoms with Gasteiger partial charge in [-0.2, -0.15) is 0 Å². The fourth-order valence-electron chi connectivity index (χ4n) is 3.26. The second-order valence-electron chi connectivity index (χ2n) is 6.25. The Kier molecular flexibility index (Phi) is 4.58. The molecule has 1 saturated heterocycles.